The molecule has 0 unspecified atom stereocenters. The number of fused-ring (bicyclic) bond motifs is 3. The lowest BCUT2D eigenvalue weighted by atomic mass is 9.74. The van der Waals surface area contributed by atoms with Crippen LogP contribution in [0.4, 0.5) is 4.79 Å². The summed E-state index contributed by atoms with van der Waals surface area (Å²) in [4.78, 5) is 45.2. The van der Waals surface area contributed by atoms with Gasteiger partial charge in [0.05, 0.1) is 0 Å². The fourth-order valence-electron chi connectivity index (χ4n) is 5.89. The topological polar surface area (TPSA) is 104 Å². The number of para-hydroxylation sites is 1. The number of benzene rings is 2. The first-order chi connectivity index (χ1) is 19.4. The molecule has 2 heterocycles. The lowest BCUT2D eigenvalue weighted by molar-refractivity contribution is -0.138. The van der Waals surface area contributed by atoms with Gasteiger partial charge < -0.3 is 25.3 Å². The van der Waals surface area contributed by atoms with Crippen molar-refractivity contribution < 1.29 is 19.1 Å². The van der Waals surface area contributed by atoms with Gasteiger partial charge in [0.1, 0.15) is 17.2 Å². The van der Waals surface area contributed by atoms with Crippen LogP contribution in [0.2, 0.25) is 0 Å². The molecule has 2 aromatic carbocycles. The Bertz CT molecular complexity index is 1490. The summed E-state index contributed by atoms with van der Waals surface area (Å²) in [7, 11) is 0. The molecule has 216 valence electrons. The molecule has 1 saturated heterocycles. The van der Waals surface area contributed by atoms with E-state index >= 15 is 0 Å². The number of amides is 3. The zero-order valence-corrected chi connectivity index (χ0v) is 24.5. The second kappa shape index (κ2) is 10.7. The second-order valence-electron chi connectivity index (χ2n) is 12.7. The highest BCUT2D eigenvalue weighted by atomic mass is 16.6. The quantitative estimate of drug-likeness (QED) is 0.394. The fourth-order valence-corrected chi connectivity index (χ4v) is 5.89. The van der Waals surface area contributed by atoms with Gasteiger partial charge in [-0.05, 0) is 70.2 Å². The van der Waals surface area contributed by atoms with Crippen LogP contribution < -0.4 is 10.6 Å². The van der Waals surface area contributed by atoms with Crippen molar-refractivity contribution in [3.05, 3.63) is 77.5 Å². The number of aromatic nitrogens is 1. The van der Waals surface area contributed by atoms with Crippen molar-refractivity contribution in [3.8, 4) is 0 Å². The second-order valence-corrected chi connectivity index (χ2v) is 12.7. The highest BCUT2D eigenvalue weighted by Crippen LogP contribution is 2.43. The first kappa shape index (κ1) is 28.5. The Morgan fingerprint density at radius 3 is 2.41 bits per heavy atom. The number of hydrogen-bond acceptors (Lipinski definition) is 4. The van der Waals surface area contributed by atoms with Crippen LogP contribution >= 0.6 is 0 Å². The molecule has 3 aromatic rings. The summed E-state index contributed by atoms with van der Waals surface area (Å²) < 4.78 is 5.36. The molecule has 8 nitrogen and oxygen atoms in total. The summed E-state index contributed by atoms with van der Waals surface area (Å²) in [6.45, 7) is 9.69. The van der Waals surface area contributed by atoms with Crippen LogP contribution in [0.15, 0.2) is 60.8 Å². The number of nitrogens with zero attached hydrogens (tertiary/aromatic N) is 1. The molecule has 0 radical (unpaired) electrons. The van der Waals surface area contributed by atoms with E-state index in [1.165, 1.54) is 11.1 Å². The number of carbonyl (C=O) groups excluding carboxylic acids is 3. The highest BCUT2D eigenvalue weighted by Gasteiger charge is 2.41. The number of alkyl carbamates (subject to hydrolysis) is 1. The maximum Gasteiger partial charge on any atom is 0.408 e. The average molecular weight is 557 g/mol. The average Bonchev–Trinajstić information content (AvgIpc) is 3.49. The molecule has 1 aliphatic carbocycles. The maximum absolute atomic E-state index is 14.1. The molecule has 0 bridgehead atoms. The molecule has 8 heteroatoms. The van der Waals surface area contributed by atoms with E-state index in [4.69, 9.17) is 4.74 Å². The Balaban J connectivity index is 1.34. The molecule has 5 rings (SSSR count). The van der Waals surface area contributed by atoms with E-state index in [0.717, 1.165) is 29.3 Å². The van der Waals surface area contributed by atoms with Gasteiger partial charge in [-0.2, -0.15) is 0 Å². The third-order valence-corrected chi connectivity index (χ3v) is 8.13. The molecular formula is C33H40N4O4. The minimum Gasteiger partial charge on any atom is -0.444 e. The third-order valence-electron chi connectivity index (χ3n) is 8.13. The van der Waals surface area contributed by atoms with E-state index in [-0.39, 0.29) is 11.3 Å². The van der Waals surface area contributed by atoms with E-state index in [1.54, 1.807) is 34.6 Å². The van der Waals surface area contributed by atoms with Crippen LogP contribution in [-0.2, 0) is 26.2 Å². The number of allylic oxidation sites excluding steroid dienone is 1. The van der Waals surface area contributed by atoms with Gasteiger partial charge in [-0.15, -0.1) is 0 Å². The predicted octanol–water partition coefficient (Wildman–Crippen LogP) is 5.09. The summed E-state index contributed by atoms with van der Waals surface area (Å²) in [5, 5.41) is 6.64. The molecule has 1 fully saturated rings. The Labute approximate surface area is 241 Å². The number of likely N-dealkylation sites (tertiary alicyclic amines) is 1. The van der Waals surface area contributed by atoms with E-state index in [0.29, 0.717) is 19.5 Å². The lowest BCUT2D eigenvalue weighted by Crippen LogP contribution is -2.60. The summed E-state index contributed by atoms with van der Waals surface area (Å²) in [5.41, 5.74) is 2.43. The number of hydrogen-bond donors (Lipinski definition) is 3. The number of carbonyl (C=O) groups is 3. The molecule has 3 amide bonds. The van der Waals surface area contributed by atoms with Crippen molar-refractivity contribution in [3.63, 3.8) is 0 Å². The number of nitrogens with one attached hydrogen (secondary N) is 3. The molecule has 0 saturated carbocycles. The molecule has 3 N–H and O–H groups in total. The molecule has 2 aliphatic rings. The van der Waals surface area contributed by atoms with Gasteiger partial charge in [0.2, 0.25) is 11.8 Å². The van der Waals surface area contributed by atoms with Crippen LogP contribution in [-0.4, -0.2) is 58.1 Å². The molecule has 41 heavy (non-hydrogen) atoms. The minimum atomic E-state index is -1.30. The zero-order chi connectivity index (χ0) is 29.4. The summed E-state index contributed by atoms with van der Waals surface area (Å²) in [6.07, 6.45) is 7.65. The summed E-state index contributed by atoms with van der Waals surface area (Å²) in [6, 6.07) is 15.6. The monoisotopic (exact) mass is 556 g/mol. The van der Waals surface area contributed by atoms with Crippen LogP contribution in [0.3, 0.4) is 0 Å². The van der Waals surface area contributed by atoms with Crippen molar-refractivity contribution >= 4 is 34.9 Å². The Morgan fingerprint density at radius 1 is 1.00 bits per heavy atom. The molecule has 1 aliphatic heterocycles. The van der Waals surface area contributed by atoms with Gasteiger partial charge in [0.25, 0.3) is 0 Å². The first-order valence-corrected chi connectivity index (χ1v) is 14.3. The van der Waals surface area contributed by atoms with Gasteiger partial charge in [-0.3, -0.25) is 9.59 Å². The van der Waals surface area contributed by atoms with E-state index in [1.807, 2.05) is 35.4 Å². The van der Waals surface area contributed by atoms with Crippen molar-refractivity contribution in [2.75, 3.05) is 13.1 Å². The summed E-state index contributed by atoms with van der Waals surface area (Å²) in [5.74, 6) is -0.579. The van der Waals surface area contributed by atoms with Crippen LogP contribution in [0.5, 0.6) is 0 Å². The Hall–Kier alpha value is -4.07. The normalized spacial score (nSPS) is 16.9. The smallest absolute Gasteiger partial charge is 0.408 e. The number of aromatic amines is 1. The molecule has 1 spiro atoms. The number of rotatable bonds is 6. The molecule has 1 atom stereocenters. The zero-order valence-electron chi connectivity index (χ0n) is 24.5. The van der Waals surface area contributed by atoms with Crippen LogP contribution in [0, 0.1) is 0 Å². The SMILES string of the molecule is CC(C)(C)OC(=O)NC(C)(C)C(=O)N[C@H](Cc1c[nH]c2ccccc12)C(=O)N1CCC2(C=Cc3ccccc32)CC1. The van der Waals surface area contributed by atoms with Gasteiger partial charge in [-0.25, -0.2) is 4.79 Å². The number of piperidine rings is 1. The highest BCUT2D eigenvalue weighted by molar-refractivity contribution is 5.94. The fraction of sp³-hybridized carbons (Fsp3) is 0.424. The predicted molar refractivity (Wildman–Crippen MR) is 160 cm³/mol. The molecular weight excluding hydrogens is 516 g/mol. The van der Waals surface area contributed by atoms with Crippen molar-refractivity contribution in [2.45, 2.75) is 76.5 Å². The number of ether oxygens (including phenoxy) is 1. The van der Waals surface area contributed by atoms with Crippen molar-refractivity contribution in [2.24, 2.45) is 0 Å². The Kier molecular flexibility index (Phi) is 7.45. The lowest BCUT2D eigenvalue weighted by Gasteiger charge is -2.40. The number of H-pyrrole nitrogens is 1. The molecule has 1 aromatic heterocycles. The van der Waals surface area contributed by atoms with Gasteiger partial charge in [0.15, 0.2) is 0 Å². The van der Waals surface area contributed by atoms with Crippen molar-refractivity contribution in [1.82, 2.24) is 20.5 Å². The van der Waals surface area contributed by atoms with Gasteiger partial charge >= 0.3 is 6.09 Å². The first-order valence-electron chi connectivity index (χ1n) is 14.3. The van der Waals surface area contributed by atoms with E-state index in [9.17, 15) is 14.4 Å². The third kappa shape index (κ3) is 6.01. The van der Waals surface area contributed by atoms with Crippen LogP contribution in [0.25, 0.3) is 17.0 Å². The summed E-state index contributed by atoms with van der Waals surface area (Å²) >= 11 is 0. The van der Waals surface area contributed by atoms with Crippen molar-refractivity contribution in [1.29, 1.82) is 0 Å². The van der Waals surface area contributed by atoms with E-state index < -0.39 is 29.2 Å². The van der Waals surface area contributed by atoms with E-state index in [2.05, 4.69) is 52.0 Å². The maximum atomic E-state index is 14.1. The minimum absolute atomic E-state index is 0.0533. The largest absolute Gasteiger partial charge is 0.444 e. The standard InChI is InChI=1S/C33H40N4O4/c1-31(2,3)41-30(40)36-32(4,5)29(39)35-27(20-23-21-34-26-13-9-7-11-24(23)26)28(38)37-18-16-33(17-19-37)15-14-22-10-6-8-12-25(22)33/h6-15,21,27,34H,16-20H2,1-5H3,(H,35,39)(H,36,40)/t27-/m1/s1. The van der Waals surface area contributed by atoms with Crippen LogP contribution in [0.1, 0.15) is 64.2 Å². The van der Waals surface area contributed by atoms with Gasteiger partial charge in [-0.1, -0.05) is 54.6 Å². The Morgan fingerprint density at radius 2 is 1.68 bits per heavy atom. The van der Waals surface area contributed by atoms with Gasteiger partial charge in [0, 0.05) is 42.0 Å².